The Kier molecular flexibility index (Phi) is 4.96. The van der Waals surface area contributed by atoms with Crippen LogP contribution >= 0.6 is 0 Å². The highest BCUT2D eigenvalue weighted by atomic mass is 19.1. The normalized spacial score (nSPS) is 17.0. The lowest BCUT2D eigenvalue weighted by Gasteiger charge is -2.35. The molecule has 2 aromatic heterocycles. The average Bonchev–Trinajstić information content (AvgIpc) is 3.19. The molecule has 1 saturated heterocycles. The fourth-order valence-electron chi connectivity index (χ4n) is 3.94. The summed E-state index contributed by atoms with van der Waals surface area (Å²) in [6.45, 7) is 8.41. The van der Waals surface area contributed by atoms with E-state index in [1.165, 1.54) is 6.07 Å². The van der Waals surface area contributed by atoms with Gasteiger partial charge in [0.15, 0.2) is 5.89 Å². The maximum atomic E-state index is 14.3. The van der Waals surface area contributed by atoms with E-state index in [9.17, 15) is 9.18 Å². The molecule has 0 spiro atoms. The van der Waals surface area contributed by atoms with Crippen LogP contribution < -0.4 is 0 Å². The minimum absolute atomic E-state index is 0.228. The van der Waals surface area contributed by atoms with Gasteiger partial charge in [-0.25, -0.2) is 14.1 Å². The van der Waals surface area contributed by atoms with Crippen LogP contribution in [0, 0.1) is 33.5 Å². The number of rotatable bonds is 3. The van der Waals surface area contributed by atoms with E-state index in [2.05, 4.69) is 10.1 Å². The first-order valence-electron chi connectivity index (χ1n) is 9.52. The van der Waals surface area contributed by atoms with E-state index in [1.807, 2.05) is 13.8 Å². The van der Waals surface area contributed by atoms with Crippen LogP contribution in [0.5, 0.6) is 0 Å². The van der Waals surface area contributed by atoms with Crippen LogP contribution in [0.2, 0.25) is 0 Å². The topological polar surface area (TPSA) is 73.4 Å². The van der Waals surface area contributed by atoms with Crippen molar-refractivity contribution in [3.05, 3.63) is 64.4 Å². The molecular weight excluding hydrogens is 375 g/mol. The van der Waals surface area contributed by atoms with Gasteiger partial charge >= 0.3 is 0 Å². The van der Waals surface area contributed by atoms with E-state index in [0.29, 0.717) is 37.0 Å². The highest BCUT2D eigenvalue weighted by molar-refractivity contribution is 5.93. The van der Waals surface area contributed by atoms with Crippen LogP contribution in [-0.4, -0.2) is 45.3 Å². The van der Waals surface area contributed by atoms with Crippen molar-refractivity contribution in [1.29, 1.82) is 0 Å². The predicted octanol–water partition coefficient (Wildman–Crippen LogP) is 3.45. The number of morpholine rings is 1. The Balaban J connectivity index is 1.75. The number of amides is 1. The summed E-state index contributed by atoms with van der Waals surface area (Å²) < 4.78 is 27.2. The largest absolute Gasteiger partial charge is 0.436 e. The third kappa shape index (κ3) is 3.33. The van der Waals surface area contributed by atoms with Crippen LogP contribution in [0.25, 0.3) is 5.69 Å². The molecule has 1 aromatic carbocycles. The van der Waals surface area contributed by atoms with E-state index in [4.69, 9.17) is 9.15 Å². The maximum absolute atomic E-state index is 14.3. The number of carbonyl (C=O) groups is 1. The number of hydrogen-bond donors (Lipinski definition) is 0. The highest BCUT2D eigenvalue weighted by Crippen LogP contribution is 2.32. The fraction of sp³-hybridized carbons (Fsp3) is 0.381. The molecule has 8 heteroatoms. The number of halogens is 1. The molecule has 0 N–H and O–H groups in total. The molecule has 29 heavy (non-hydrogen) atoms. The zero-order valence-corrected chi connectivity index (χ0v) is 16.9. The predicted molar refractivity (Wildman–Crippen MR) is 104 cm³/mol. The lowest BCUT2D eigenvalue weighted by atomic mass is 10.0. The Morgan fingerprint density at radius 1 is 1.17 bits per heavy atom. The Hall–Kier alpha value is -3.00. The van der Waals surface area contributed by atoms with Crippen LogP contribution in [0.3, 0.4) is 0 Å². The summed E-state index contributed by atoms with van der Waals surface area (Å²) in [7, 11) is 0. The Morgan fingerprint density at radius 3 is 2.62 bits per heavy atom. The third-order valence-corrected chi connectivity index (χ3v) is 5.25. The quantitative estimate of drug-likeness (QED) is 0.676. The van der Waals surface area contributed by atoms with Crippen molar-refractivity contribution in [2.45, 2.75) is 33.7 Å². The number of aromatic nitrogens is 3. The number of oxazole rings is 1. The number of aryl methyl sites for hydroxylation is 3. The number of carbonyl (C=O) groups excluding carboxylic acids is 1. The van der Waals surface area contributed by atoms with E-state index in [0.717, 1.165) is 17.0 Å². The van der Waals surface area contributed by atoms with Crippen molar-refractivity contribution >= 4 is 5.91 Å². The molecular formula is C21H23FN4O3. The summed E-state index contributed by atoms with van der Waals surface area (Å²) in [5.74, 6) is 0.112. The molecule has 1 atom stereocenters. The van der Waals surface area contributed by atoms with Gasteiger partial charge in [0.05, 0.1) is 30.6 Å². The first kappa shape index (κ1) is 19.3. The van der Waals surface area contributed by atoms with Gasteiger partial charge in [-0.2, -0.15) is 5.10 Å². The molecule has 152 valence electrons. The molecule has 1 amide bonds. The summed E-state index contributed by atoms with van der Waals surface area (Å²) in [5.41, 5.74) is 3.29. The van der Waals surface area contributed by atoms with Gasteiger partial charge in [0, 0.05) is 24.7 Å². The summed E-state index contributed by atoms with van der Waals surface area (Å²) in [5, 5.41) is 4.55. The van der Waals surface area contributed by atoms with Crippen molar-refractivity contribution in [2.24, 2.45) is 0 Å². The van der Waals surface area contributed by atoms with Crippen molar-refractivity contribution in [1.82, 2.24) is 19.7 Å². The van der Waals surface area contributed by atoms with Gasteiger partial charge < -0.3 is 14.1 Å². The van der Waals surface area contributed by atoms with Crippen molar-refractivity contribution in [3.63, 3.8) is 0 Å². The summed E-state index contributed by atoms with van der Waals surface area (Å²) in [4.78, 5) is 19.2. The molecule has 7 nitrogen and oxygen atoms in total. The summed E-state index contributed by atoms with van der Waals surface area (Å²) >= 11 is 0. The van der Waals surface area contributed by atoms with E-state index < -0.39 is 0 Å². The lowest BCUT2D eigenvalue weighted by Crippen LogP contribution is -2.44. The standard InChI is InChI=1S/C21H23FN4O3/c1-12-19(14(3)26(24-12)17-8-6-5-7-16(17)22)18-11-28-10-9-25(18)21(27)20-13(2)23-15(4)29-20/h5-8,18H,9-11H2,1-4H3. The second kappa shape index (κ2) is 7.44. The first-order chi connectivity index (χ1) is 13.9. The van der Waals surface area contributed by atoms with Gasteiger partial charge in [0.25, 0.3) is 5.91 Å². The highest BCUT2D eigenvalue weighted by Gasteiger charge is 2.35. The molecule has 1 aliphatic rings. The van der Waals surface area contributed by atoms with Gasteiger partial charge in [-0.15, -0.1) is 0 Å². The fourth-order valence-corrected chi connectivity index (χ4v) is 3.94. The molecule has 1 aliphatic heterocycles. The van der Waals surface area contributed by atoms with E-state index in [1.54, 1.807) is 41.6 Å². The van der Waals surface area contributed by atoms with Crippen LogP contribution in [0.4, 0.5) is 4.39 Å². The van der Waals surface area contributed by atoms with E-state index >= 15 is 0 Å². The Bertz CT molecular complexity index is 1070. The first-order valence-corrected chi connectivity index (χ1v) is 9.52. The number of hydrogen-bond acceptors (Lipinski definition) is 5. The number of ether oxygens (including phenoxy) is 1. The molecule has 0 bridgehead atoms. The van der Waals surface area contributed by atoms with Gasteiger partial charge in [-0.1, -0.05) is 12.1 Å². The van der Waals surface area contributed by atoms with Gasteiger partial charge in [0.2, 0.25) is 5.76 Å². The number of benzene rings is 1. The van der Waals surface area contributed by atoms with Crippen LogP contribution in [0.1, 0.15) is 45.1 Å². The monoisotopic (exact) mass is 398 g/mol. The minimum atomic E-state index is -0.356. The second-order valence-electron chi connectivity index (χ2n) is 7.18. The average molecular weight is 398 g/mol. The zero-order valence-electron chi connectivity index (χ0n) is 16.9. The molecule has 4 rings (SSSR count). The second-order valence-corrected chi connectivity index (χ2v) is 7.18. The van der Waals surface area contributed by atoms with Gasteiger partial charge in [0.1, 0.15) is 11.5 Å². The molecule has 0 aliphatic carbocycles. The van der Waals surface area contributed by atoms with Crippen LogP contribution in [-0.2, 0) is 4.74 Å². The molecule has 0 saturated carbocycles. The zero-order chi connectivity index (χ0) is 20.7. The molecule has 3 heterocycles. The van der Waals surface area contributed by atoms with Crippen molar-refractivity contribution in [3.8, 4) is 5.69 Å². The maximum Gasteiger partial charge on any atom is 0.292 e. The van der Waals surface area contributed by atoms with Crippen molar-refractivity contribution < 1.29 is 18.3 Å². The SMILES string of the molecule is Cc1nc(C)c(C(=O)N2CCOCC2c2c(C)nn(-c3ccccc3F)c2C)o1. The van der Waals surface area contributed by atoms with Gasteiger partial charge in [-0.3, -0.25) is 4.79 Å². The number of para-hydroxylation sites is 1. The molecule has 0 radical (unpaired) electrons. The van der Waals surface area contributed by atoms with Crippen molar-refractivity contribution in [2.75, 3.05) is 19.8 Å². The number of nitrogens with zero attached hydrogens (tertiary/aromatic N) is 4. The lowest BCUT2D eigenvalue weighted by molar-refractivity contribution is -0.00469. The smallest absolute Gasteiger partial charge is 0.292 e. The summed E-state index contributed by atoms with van der Waals surface area (Å²) in [6.07, 6.45) is 0. The third-order valence-electron chi connectivity index (χ3n) is 5.25. The molecule has 1 unspecified atom stereocenters. The van der Waals surface area contributed by atoms with Crippen LogP contribution in [0.15, 0.2) is 28.7 Å². The Morgan fingerprint density at radius 2 is 1.93 bits per heavy atom. The van der Waals surface area contributed by atoms with Gasteiger partial charge in [-0.05, 0) is 32.9 Å². The molecule has 1 fully saturated rings. The molecule has 3 aromatic rings. The Labute approximate surface area is 168 Å². The minimum Gasteiger partial charge on any atom is -0.436 e. The van der Waals surface area contributed by atoms with E-state index in [-0.39, 0.29) is 23.5 Å². The summed E-state index contributed by atoms with van der Waals surface area (Å²) in [6, 6.07) is 6.15.